The summed E-state index contributed by atoms with van der Waals surface area (Å²) in [6, 6.07) is -0.989. The summed E-state index contributed by atoms with van der Waals surface area (Å²) < 4.78 is 23.2. The monoisotopic (exact) mass is 827 g/mol. The largest absolute Gasteiger partial charge is 0.756 e. The van der Waals surface area contributed by atoms with Crippen molar-refractivity contribution in [3.63, 3.8) is 0 Å². The highest BCUT2D eigenvalue weighted by atomic mass is 31.2. The highest BCUT2D eigenvalue weighted by Gasteiger charge is 2.39. The Kier molecular flexibility index (Phi) is 30.1. The summed E-state index contributed by atoms with van der Waals surface area (Å²) in [5, 5.41) is 34.5. The molecule has 1 amide bonds. The lowest BCUT2D eigenvalue weighted by Gasteiger charge is -2.29. The third-order valence-electron chi connectivity index (χ3n) is 10.7. The number of aliphatic hydroxyl groups excluding tert-OH is 3. The molecule has 0 spiro atoms. The molecule has 332 valence electrons. The van der Waals surface area contributed by atoms with Gasteiger partial charge in [-0.05, 0) is 38.5 Å². The zero-order valence-electron chi connectivity index (χ0n) is 36.5. The van der Waals surface area contributed by atoms with Crippen molar-refractivity contribution in [2.45, 2.75) is 186 Å². The van der Waals surface area contributed by atoms with Crippen LogP contribution in [-0.4, -0.2) is 96.7 Å². The maximum Gasteiger partial charge on any atom is 0.268 e. The van der Waals surface area contributed by atoms with E-state index < -0.39 is 44.7 Å². The molecule has 0 heterocycles. The Hall–Kier alpha value is -1.69. The van der Waals surface area contributed by atoms with E-state index in [1.807, 2.05) is 39.4 Å². The SMILES string of the molecule is CCCCCCCCCCCCCCC/C=C/[C@@H](O)[C@H](COP(=O)([O-])OCC[N+](C)(C)C)NC(=O)CCC/C=C\C[C@H]1[C@@H](O)CC(=O)[C@@H]1/C=C/[C@@H](O)CCCCC. The number of aliphatic hydroxyl groups is 3. The maximum atomic E-state index is 12.9. The van der Waals surface area contributed by atoms with Crippen LogP contribution in [0.25, 0.3) is 0 Å². The molecule has 4 N–H and O–H groups in total. The molecular formula is C45H83N2O9P. The number of Topliss-reactive ketones (excluding diaryl/α,β-unsaturated/α-hetero) is 1. The van der Waals surface area contributed by atoms with Gasteiger partial charge in [0.05, 0.1) is 52.1 Å². The molecule has 1 rings (SSSR count). The maximum absolute atomic E-state index is 12.9. The minimum Gasteiger partial charge on any atom is -0.756 e. The Labute approximate surface area is 347 Å². The standard InChI is InChI=1S/C45H83N2O9P/c1-6-8-10-11-12-13-14-15-16-17-18-19-20-21-26-30-42(49)41(37-56-57(53,54)55-35-34-47(3,4)5)46-45(52)31-27-23-22-25-29-39-40(44(51)36-43(39)50)33-32-38(48)28-24-9-7-2/h22,25-26,30,32-33,38-43,48-50H,6-21,23-24,27-29,31,34-37H2,1-5H3,(H-,46,52,53,54)/b25-22-,30-26+,33-32+/t38-,39+,40+,41-,42+,43-/m0/s1. The van der Waals surface area contributed by atoms with Gasteiger partial charge >= 0.3 is 0 Å². The lowest BCUT2D eigenvalue weighted by atomic mass is 9.90. The summed E-state index contributed by atoms with van der Waals surface area (Å²) in [6.07, 6.45) is 31.1. The first-order chi connectivity index (χ1) is 27.2. The van der Waals surface area contributed by atoms with Crippen LogP contribution in [0.15, 0.2) is 36.5 Å². The fourth-order valence-electron chi connectivity index (χ4n) is 7.01. The van der Waals surface area contributed by atoms with Gasteiger partial charge in [-0.1, -0.05) is 147 Å². The number of hydrogen-bond acceptors (Lipinski definition) is 9. The molecule has 11 nitrogen and oxygen atoms in total. The number of rotatable bonds is 36. The molecule has 7 atom stereocenters. The van der Waals surface area contributed by atoms with Crippen LogP contribution in [0.3, 0.4) is 0 Å². The van der Waals surface area contributed by atoms with Gasteiger partial charge in [0, 0.05) is 24.7 Å². The van der Waals surface area contributed by atoms with Crippen LogP contribution in [0.1, 0.15) is 162 Å². The first kappa shape index (κ1) is 53.3. The molecule has 0 saturated heterocycles. The molecule has 0 aromatic carbocycles. The predicted molar refractivity (Wildman–Crippen MR) is 229 cm³/mol. The topological polar surface area (TPSA) is 165 Å². The van der Waals surface area contributed by atoms with Crippen LogP contribution in [-0.2, 0) is 23.2 Å². The summed E-state index contributed by atoms with van der Waals surface area (Å²) in [5.74, 6) is -1.05. The van der Waals surface area contributed by atoms with E-state index in [2.05, 4.69) is 19.2 Å². The number of nitrogens with one attached hydrogen (secondary N) is 1. The van der Waals surface area contributed by atoms with Gasteiger partial charge in [0.25, 0.3) is 7.82 Å². The molecule has 0 aliphatic heterocycles. The lowest BCUT2D eigenvalue weighted by Crippen LogP contribution is -2.45. The number of ketones is 1. The Bertz CT molecular complexity index is 1190. The Morgan fingerprint density at radius 3 is 2.04 bits per heavy atom. The number of hydrogen-bond donors (Lipinski definition) is 4. The Morgan fingerprint density at radius 1 is 0.842 bits per heavy atom. The van der Waals surface area contributed by atoms with Crippen molar-refractivity contribution in [3.8, 4) is 0 Å². The summed E-state index contributed by atoms with van der Waals surface area (Å²) in [7, 11) is 1.09. The van der Waals surface area contributed by atoms with E-state index in [1.165, 1.54) is 70.6 Å². The summed E-state index contributed by atoms with van der Waals surface area (Å²) >= 11 is 0. The van der Waals surface area contributed by atoms with Crippen LogP contribution in [0.5, 0.6) is 0 Å². The molecule has 1 aliphatic carbocycles. The second kappa shape index (κ2) is 32.1. The van der Waals surface area contributed by atoms with Crippen molar-refractivity contribution < 1.29 is 47.9 Å². The van der Waals surface area contributed by atoms with Crippen molar-refractivity contribution in [1.29, 1.82) is 0 Å². The summed E-state index contributed by atoms with van der Waals surface area (Å²) in [6.45, 7) is 4.30. The van der Waals surface area contributed by atoms with E-state index in [0.29, 0.717) is 36.7 Å². The number of quaternary nitrogens is 1. The summed E-state index contributed by atoms with van der Waals surface area (Å²) in [4.78, 5) is 38.0. The van der Waals surface area contributed by atoms with Gasteiger partial charge in [0.1, 0.15) is 18.9 Å². The molecule has 1 fully saturated rings. The molecule has 1 saturated carbocycles. The number of phosphoric ester groups is 1. The minimum absolute atomic E-state index is 0.0196. The third kappa shape index (κ3) is 28.4. The number of unbranched alkanes of at least 4 members (excludes halogenated alkanes) is 16. The van der Waals surface area contributed by atoms with Crippen molar-refractivity contribution in [1.82, 2.24) is 5.32 Å². The van der Waals surface area contributed by atoms with Crippen LogP contribution in [0.4, 0.5) is 0 Å². The van der Waals surface area contributed by atoms with Crippen molar-refractivity contribution in [3.05, 3.63) is 36.5 Å². The molecule has 1 aliphatic rings. The lowest BCUT2D eigenvalue weighted by molar-refractivity contribution is -0.870. The van der Waals surface area contributed by atoms with E-state index in [4.69, 9.17) is 9.05 Å². The molecule has 0 radical (unpaired) electrons. The van der Waals surface area contributed by atoms with Gasteiger partial charge in [0.15, 0.2) is 0 Å². The number of likely N-dealkylation sites (N-methyl/N-ethyl adjacent to an activating group) is 1. The number of carbonyl (C=O) groups excluding carboxylic acids is 2. The second-order valence-corrected chi connectivity index (χ2v) is 18.6. The van der Waals surface area contributed by atoms with Crippen molar-refractivity contribution >= 4 is 19.5 Å². The van der Waals surface area contributed by atoms with Gasteiger partial charge in [-0.15, -0.1) is 0 Å². The third-order valence-corrected chi connectivity index (χ3v) is 11.7. The number of allylic oxidation sites excluding steroid dienone is 4. The normalized spacial score (nSPS) is 20.5. The van der Waals surface area contributed by atoms with E-state index in [0.717, 1.165) is 38.5 Å². The number of amides is 1. The predicted octanol–water partition coefficient (Wildman–Crippen LogP) is 8.26. The van der Waals surface area contributed by atoms with Gasteiger partial charge < -0.3 is 39.1 Å². The average molecular weight is 827 g/mol. The van der Waals surface area contributed by atoms with Gasteiger partial charge in [0.2, 0.25) is 5.91 Å². The Balaban J connectivity index is 2.58. The average Bonchev–Trinajstić information content (AvgIpc) is 3.42. The smallest absolute Gasteiger partial charge is 0.268 e. The van der Waals surface area contributed by atoms with E-state index in [-0.39, 0.29) is 37.1 Å². The molecule has 0 aromatic heterocycles. The van der Waals surface area contributed by atoms with Gasteiger partial charge in [-0.3, -0.25) is 14.2 Å². The molecular weight excluding hydrogens is 743 g/mol. The molecule has 0 aromatic rings. The first-order valence-corrected chi connectivity index (χ1v) is 23.9. The fourth-order valence-corrected chi connectivity index (χ4v) is 7.74. The van der Waals surface area contributed by atoms with Crippen molar-refractivity contribution in [2.24, 2.45) is 11.8 Å². The van der Waals surface area contributed by atoms with E-state index in [1.54, 1.807) is 18.2 Å². The van der Waals surface area contributed by atoms with Crippen LogP contribution in [0.2, 0.25) is 0 Å². The molecule has 1 unspecified atom stereocenters. The van der Waals surface area contributed by atoms with Crippen LogP contribution >= 0.6 is 7.82 Å². The molecule has 57 heavy (non-hydrogen) atoms. The van der Waals surface area contributed by atoms with E-state index in [9.17, 15) is 34.4 Å². The first-order valence-electron chi connectivity index (χ1n) is 22.5. The highest BCUT2D eigenvalue weighted by Crippen LogP contribution is 2.38. The van der Waals surface area contributed by atoms with Crippen molar-refractivity contribution in [2.75, 3.05) is 40.9 Å². The van der Waals surface area contributed by atoms with Gasteiger partial charge in [-0.2, -0.15) is 0 Å². The highest BCUT2D eigenvalue weighted by molar-refractivity contribution is 7.45. The van der Waals surface area contributed by atoms with E-state index >= 15 is 0 Å². The Morgan fingerprint density at radius 2 is 1.42 bits per heavy atom. The summed E-state index contributed by atoms with van der Waals surface area (Å²) in [5.41, 5.74) is 0. The molecule has 12 heteroatoms. The zero-order valence-corrected chi connectivity index (χ0v) is 37.4. The second-order valence-electron chi connectivity index (χ2n) is 17.2. The van der Waals surface area contributed by atoms with Crippen LogP contribution < -0.4 is 10.2 Å². The fraction of sp³-hybridized carbons (Fsp3) is 0.822. The van der Waals surface area contributed by atoms with Gasteiger partial charge in [-0.25, -0.2) is 0 Å². The number of phosphoric acid groups is 1. The zero-order chi connectivity index (χ0) is 42.4. The number of carbonyl (C=O) groups is 2. The number of nitrogens with zero attached hydrogens (tertiary/aromatic N) is 1. The van der Waals surface area contributed by atoms with Crippen LogP contribution in [0, 0.1) is 11.8 Å². The minimum atomic E-state index is -4.66. The quantitative estimate of drug-likeness (QED) is 0.0211. The molecule has 0 bridgehead atoms.